The van der Waals surface area contributed by atoms with Gasteiger partial charge in [-0.1, -0.05) is 0 Å². The lowest BCUT2D eigenvalue weighted by atomic mass is 10.5. The molecule has 0 saturated carbocycles. The summed E-state index contributed by atoms with van der Waals surface area (Å²) in [5, 5.41) is 0.174. The van der Waals surface area contributed by atoms with Gasteiger partial charge in [-0.2, -0.15) is 13.2 Å². The lowest BCUT2D eigenvalue weighted by molar-refractivity contribution is -0.141. The summed E-state index contributed by atoms with van der Waals surface area (Å²) in [6.07, 6.45) is -4.46. The SMILES string of the molecule is CCN(CC)C(=O)N(N)CC(F)(F)F. The van der Waals surface area contributed by atoms with Crippen LogP contribution in [0.2, 0.25) is 0 Å². The van der Waals surface area contributed by atoms with Gasteiger partial charge in [0.1, 0.15) is 6.54 Å². The molecule has 2 N–H and O–H groups in total. The van der Waals surface area contributed by atoms with Gasteiger partial charge < -0.3 is 4.90 Å². The molecule has 14 heavy (non-hydrogen) atoms. The first kappa shape index (κ1) is 13.0. The quantitative estimate of drug-likeness (QED) is 0.435. The fraction of sp³-hybridized carbons (Fsp3) is 0.857. The zero-order valence-corrected chi connectivity index (χ0v) is 8.14. The van der Waals surface area contributed by atoms with Gasteiger partial charge >= 0.3 is 12.2 Å². The Labute approximate surface area is 80.4 Å². The molecule has 0 aromatic rings. The second-order valence-electron chi connectivity index (χ2n) is 2.70. The van der Waals surface area contributed by atoms with E-state index >= 15 is 0 Å². The Morgan fingerprint density at radius 3 is 2.00 bits per heavy atom. The predicted octanol–water partition coefficient (Wildman–Crippen LogP) is 1.19. The van der Waals surface area contributed by atoms with Crippen LogP contribution >= 0.6 is 0 Å². The second kappa shape index (κ2) is 5.04. The highest BCUT2D eigenvalue weighted by molar-refractivity contribution is 5.73. The minimum absolute atomic E-state index is 0.174. The number of rotatable bonds is 3. The number of hydrazine groups is 1. The summed E-state index contributed by atoms with van der Waals surface area (Å²) in [6.45, 7) is 2.58. The van der Waals surface area contributed by atoms with E-state index in [0.29, 0.717) is 13.1 Å². The number of hydrogen-bond acceptors (Lipinski definition) is 2. The van der Waals surface area contributed by atoms with E-state index in [1.807, 2.05) is 0 Å². The molecule has 0 aliphatic rings. The normalized spacial score (nSPS) is 11.3. The average molecular weight is 213 g/mol. The molecule has 0 aromatic heterocycles. The van der Waals surface area contributed by atoms with Gasteiger partial charge in [0.25, 0.3) is 0 Å². The Hall–Kier alpha value is -0.980. The standard InChI is InChI=1S/C7H14F3N3O/c1-3-12(4-2)6(14)13(11)5-7(8,9)10/h3-5,11H2,1-2H3. The van der Waals surface area contributed by atoms with Gasteiger partial charge in [-0.05, 0) is 13.8 Å². The van der Waals surface area contributed by atoms with Crippen molar-refractivity contribution >= 4 is 6.03 Å². The van der Waals surface area contributed by atoms with E-state index in [4.69, 9.17) is 5.84 Å². The molecule has 0 aromatic carbocycles. The summed E-state index contributed by atoms with van der Waals surface area (Å²) in [6, 6.07) is -0.813. The lowest BCUT2D eigenvalue weighted by Crippen LogP contribution is -2.50. The first-order valence-electron chi connectivity index (χ1n) is 4.19. The van der Waals surface area contributed by atoms with E-state index in [0.717, 1.165) is 0 Å². The zero-order valence-electron chi connectivity index (χ0n) is 8.14. The molecular weight excluding hydrogens is 199 g/mol. The van der Waals surface area contributed by atoms with Crippen LogP contribution in [-0.2, 0) is 0 Å². The van der Waals surface area contributed by atoms with Crippen LogP contribution in [0.3, 0.4) is 0 Å². The van der Waals surface area contributed by atoms with Crippen LogP contribution in [0.5, 0.6) is 0 Å². The second-order valence-corrected chi connectivity index (χ2v) is 2.70. The fourth-order valence-corrected chi connectivity index (χ4v) is 0.937. The molecule has 0 fully saturated rings. The molecule has 4 nitrogen and oxygen atoms in total. The minimum Gasteiger partial charge on any atom is -0.324 e. The van der Waals surface area contributed by atoms with Gasteiger partial charge in [-0.15, -0.1) is 0 Å². The molecule has 0 aliphatic carbocycles. The molecule has 0 spiro atoms. The van der Waals surface area contributed by atoms with Crippen LogP contribution in [0.1, 0.15) is 13.8 Å². The molecule has 0 bridgehead atoms. The summed E-state index contributed by atoms with van der Waals surface area (Å²) < 4.78 is 35.5. The Bertz CT molecular complexity index is 191. The number of hydrogen-bond donors (Lipinski definition) is 1. The van der Waals surface area contributed by atoms with Crippen molar-refractivity contribution in [1.29, 1.82) is 0 Å². The monoisotopic (exact) mass is 213 g/mol. The number of urea groups is 1. The van der Waals surface area contributed by atoms with Crippen molar-refractivity contribution in [3.8, 4) is 0 Å². The Morgan fingerprint density at radius 2 is 1.71 bits per heavy atom. The third kappa shape index (κ3) is 4.31. The van der Waals surface area contributed by atoms with Crippen LogP contribution in [0.25, 0.3) is 0 Å². The minimum atomic E-state index is -4.46. The van der Waals surface area contributed by atoms with Gasteiger partial charge in [0.05, 0.1) is 0 Å². The number of halogens is 3. The van der Waals surface area contributed by atoms with Crippen molar-refractivity contribution in [3.63, 3.8) is 0 Å². The number of nitrogens with two attached hydrogens (primary N) is 1. The highest BCUT2D eigenvalue weighted by Crippen LogP contribution is 2.15. The van der Waals surface area contributed by atoms with E-state index < -0.39 is 18.8 Å². The maximum atomic E-state index is 11.8. The lowest BCUT2D eigenvalue weighted by Gasteiger charge is -2.26. The summed E-state index contributed by atoms with van der Waals surface area (Å²) in [5.41, 5.74) is 0. The van der Waals surface area contributed by atoms with Gasteiger partial charge in [0.15, 0.2) is 0 Å². The number of amides is 2. The first-order valence-corrected chi connectivity index (χ1v) is 4.19. The van der Waals surface area contributed by atoms with Gasteiger partial charge in [0.2, 0.25) is 0 Å². The topological polar surface area (TPSA) is 49.6 Å². The Kier molecular flexibility index (Phi) is 4.69. The fourth-order valence-electron chi connectivity index (χ4n) is 0.937. The number of alkyl halides is 3. The van der Waals surface area contributed by atoms with Crippen LogP contribution in [0.4, 0.5) is 18.0 Å². The van der Waals surface area contributed by atoms with Crippen molar-refractivity contribution in [2.75, 3.05) is 19.6 Å². The molecule has 0 unspecified atom stereocenters. The van der Waals surface area contributed by atoms with Crippen molar-refractivity contribution in [2.45, 2.75) is 20.0 Å². The Balaban J connectivity index is 4.24. The summed E-state index contributed by atoms with van der Waals surface area (Å²) in [4.78, 5) is 12.4. The Morgan fingerprint density at radius 1 is 1.29 bits per heavy atom. The van der Waals surface area contributed by atoms with E-state index in [2.05, 4.69) is 0 Å². The molecular formula is C7H14F3N3O. The molecule has 7 heteroatoms. The maximum Gasteiger partial charge on any atom is 0.407 e. The predicted molar refractivity (Wildman–Crippen MR) is 45.3 cm³/mol. The van der Waals surface area contributed by atoms with E-state index in [-0.39, 0.29) is 5.01 Å². The number of carbonyl (C=O) groups is 1. The molecule has 0 rings (SSSR count). The molecule has 0 atom stereocenters. The van der Waals surface area contributed by atoms with E-state index in [1.54, 1.807) is 13.8 Å². The average Bonchev–Trinajstić information content (AvgIpc) is 2.03. The van der Waals surface area contributed by atoms with Crippen molar-refractivity contribution in [1.82, 2.24) is 9.91 Å². The first-order chi connectivity index (χ1) is 6.31. The maximum absolute atomic E-state index is 11.8. The van der Waals surface area contributed by atoms with E-state index in [9.17, 15) is 18.0 Å². The third-order valence-electron chi connectivity index (χ3n) is 1.63. The van der Waals surface area contributed by atoms with Crippen LogP contribution in [-0.4, -0.2) is 41.8 Å². The smallest absolute Gasteiger partial charge is 0.324 e. The zero-order chi connectivity index (χ0) is 11.4. The van der Waals surface area contributed by atoms with Crippen molar-refractivity contribution in [2.24, 2.45) is 5.84 Å². The highest BCUT2D eigenvalue weighted by atomic mass is 19.4. The largest absolute Gasteiger partial charge is 0.407 e. The van der Waals surface area contributed by atoms with Crippen LogP contribution in [0, 0.1) is 0 Å². The summed E-state index contributed by atoms with van der Waals surface area (Å²) in [7, 11) is 0. The van der Waals surface area contributed by atoms with Gasteiger partial charge in [-0.3, -0.25) is 5.01 Å². The van der Waals surface area contributed by atoms with Crippen molar-refractivity contribution < 1.29 is 18.0 Å². The van der Waals surface area contributed by atoms with Crippen molar-refractivity contribution in [3.05, 3.63) is 0 Å². The molecule has 0 aliphatic heterocycles. The summed E-state index contributed by atoms with van der Waals surface area (Å²) in [5.74, 6) is 4.98. The van der Waals surface area contributed by atoms with E-state index in [1.165, 1.54) is 4.90 Å². The molecule has 2 amide bonds. The van der Waals surface area contributed by atoms with Gasteiger partial charge in [0, 0.05) is 13.1 Å². The molecule has 0 saturated heterocycles. The number of carbonyl (C=O) groups excluding carboxylic acids is 1. The third-order valence-corrected chi connectivity index (χ3v) is 1.63. The van der Waals surface area contributed by atoms with Crippen LogP contribution < -0.4 is 5.84 Å². The summed E-state index contributed by atoms with van der Waals surface area (Å²) >= 11 is 0. The van der Waals surface area contributed by atoms with Gasteiger partial charge in [-0.25, -0.2) is 10.6 Å². The van der Waals surface area contributed by atoms with Crippen LogP contribution in [0.15, 0.2) is 0 Å². The molecule has 0 heterocycles. The molecule has 0 radical (unpaired) electrons. The number of nitrogens with zero attached hydrogens (tertiary/aromatic N) is 2. The highest BCUT2D eigenvalue weighted by Gasteiger charge is 2.32. The molecule has 84 valence electrons.